The number of carbonyl (C=O) groups is 1. The van der Waals surface area contributed by atoms with Crippen LogP contribution in [0.2, 0.25) is 0 Å². The van der Waals surface area contributed by atoms with Gasteiger partial charge in [0.1, 0.15) is 0 Å². The molecule has 0 aliphatic carbocycles. The zero-order chi connectivity index (χ0) is 10.8. The Bertz CT molecular complexity index is 327. The van der Waals surface area contributed by atoms with Crippen LogP contribution in [0.5, 0.6) is 0 Å². The third kappa shape index (κ3) is 2.24. The number of nitrogens with zero attached hydrogens (tertiary/aromatic N) is 1. The summed E-state index contributed by atoms with van der Waals surface area (Å²) in [4.78, 5) is 13.5. The van der Waals surface area contributed by atoms with E-state index in [1.165, 1.54) is 5.03 Å². The molecule has 0 aromatic heterocycles. The van der Waals surface area contributed by atoms with Crippen molar-refractivity contribution >= 4 is 29.8 Å². The SMILES string of the molecule is CN(CCO)C1=CC2SC(C=O)=CC2S1. The predicted molar refractivity (Wildman–Crippen MR) is 64.7 cm³/mol. The maximum atomic E-state index is 10.6. The van der Waals surface area contributed by atoms with Crippen LogP contribution in [0.15, 0.2) is 22.1 Å². The van der Waals surface area contributed by atoms with Crippen LogP contribution in [-0.2, 0) is 4.79 Å². The van der Waals surface area contributed by atoms with Crippen LogP contribution in [0.1, 0.15) is 0 Å². The van der Waals surface area contributed by atoms with Crippen molar-refractivity contribution in [3.63, 3.8) is 0 Å². The first-order valence-corrected chi connectivity index (χ1v) is 6.54. The van der Waals surface area contributed by atoms with Crippen molar-refractivity contribution in [2.45, 2.75) is 10.5 Å². The first-order chi connectivity index (χ1) is 7.24. The van der Waals surface area contributed by atoms with Gasteiger partial charge in [-0.3, -0.25) is 4.79 Å². The van der Waals surface area contributed by atoms with E-state index in [2.05, 4.69) is 11.0 Å². The molecular formula is C10H13NO2S2. The molecule has 0 aromatic rings. The third-order valence-corrected chi connectivity index (χ3v) is 5.18. The number of fused-ring (bicyclic) bond motifs is 1. The number of hydrogen-bond donors (Lipinski definition) is 1. The number of allylic oxidation sites excluding steroid dienone is 1. The number of hydrogen-bond acceptors (Lipinski definition) is 5. The van der Waals surface area contributed by atoms with Gasteiger partial charge in [-0.2, -0.15) is 0 Å². The third-order valence-electron chi connectivity index (χ3n) is 2.42. The highest BCUT2D eigenvalue weighted by atomic mass is 32.2. The van der Waals surface area contributed by atoms with Gasteiger partial charge in [-0.25, -0.2) is 0 Å². The van der Waals surface area contributed by atoms with E-state index in [4.69, 9.17) is 5.11 Å². The summed E-state index contributed by atoms with van der Waals surface area (Å²) in [6.45, 7) is 0.833. The van der Waals surface area contributed by atoms with Crippen LogP contribution in [-0.4, -0.2) is 47.0 Å². The van der Waals surface area contributed by atoms with Crippen molar-refractivity contribution in [2.75, 3.05) is 20.2 Å². The molecule has 1 N–H and O–H groups in total. The summed E-state index contributed by atoms with van der Waals surface area (Å²) >= 11 is 3.40. The molecule has 0 radical (unpaired) electrons. The fraction of sp³-hybridized carbons (Fsp3) is 0.500. The molecule has 2 aliphatic heterocycles. The van der Waals surface area contributed by atoms with Gasteiger partial charge in [0.05, 0.1) is 11.6 Å². The normalized spacial score (nSPS) is 28.4. The molecule has 0 saturated carbocycles. The summed E-state index contributed by atoms with van der Waals surface area (Å²) in [5.74, 6) is 0. The molecule has 2 heterocycles. The van der Waals surface area contributed by atoms with Crippen molar-refractivity contribution in [2.24, 2.45) is 0 Å². The first-order valence-electron chi connectivity index (χ1n) is 4.78. The van der Waals surface area contributed by atoms with Gasteiger partial charge in [0.2, 0.25) is 0 Å². The van der Waals surface area contributed by atoms with E-state index in [0.717, 1.165) is 11.2 Å². The Morgan fingerprint density at radius 2 is 2.20 bits per heavy atom. The Hall–Kier alpha value is -0.390. The number of aliphatic hydroxyl groups excluding tert-OH is 1. The minimum absolute atomic E-state index is 0.173. The van der Waals surface area contributed by atoms with Gasteiger partial charge in [-0.15, -0.1) is 11.8 Å². The average molecular weight is 243 g/mol. The number of rotatable bonds is 4. The molecule has 0 bridgehead atoms. The number of carbonyl (C=O) groups excluding carboxylic acids is 1. The Kier molecular flexibility index (Phi) is 3.43. The van der Waals surface area contributed by atoms with E-state index in [0.29, 0.717) is 17.0 Å². The standard InChI is InChI=1S/C10H13NO2S2/c1-11(2-3-12)10-5-9-8(15-10)4-7(6-13)14-9/h4-6,8-9,12H,2-3H2,1H3. The minimum Gasteiger partial charge on any atom is -0.395 e. The van der Waals surface area contributed by atoms with Crippen molar-refractivity contribution < 1.29 is 9.90 Å². The molecule has 3 nitrogen and oxygen atoms in total. The second kappa shape index (κ2) is 4.63. The van der Waals surface area contributed by atoms with E-state index in [-0.39, 0.29) is 6.61 Å². The maximum Gasteiger partial charge on any atom is 0.156 e. The van der Waals surface area contributed by atoms with Crippen molar-refractivity contribution in [3.05, 3.63) is 22.1 Å². The zero-order valence-electron chi connectivity index (χ0n) is 8.42. The molecule has 2 atom stereocenters. The van der Waals surface area contributed by atoms with E-state index in [1.807, 2.05) is 13.1 Å². The fourth-order valence-electron chi connectivity index (χ4n) is 1.61. The van der Waals surface area contributed by atoms with Gasteiger partial charge >= 0.3 is 0 Å². The lowest BCUT2D eigenvalue weighted by molar-refractivity contribution is -0.104. The molecule has 0 amide bonds. The van der Waals surface area contributed by atoms with Gasteiger partial charge in [-0.1, -0.05) is 17.8 Å². The predicted octanol–water partition coefficient (Wildman–Crippen LogP) is 1.07. The monoisotopic (exact) mass is 243 g/mol. The van der Waals surface area contributed by atoms with Crippen LogP contribution >= 0.6 is 23.5 Å². The molecular weight excluding hydrogens is 230 g/mol. The van der Waals surface area contributed by atoms with Crippen LogP contribution < -0.4 is 0 Å². The summed E-state index contributed by atoms with van der Waals surface area (Å²) in [7, 11) is 1.98. The summed E-state index contributed by atoms with van der Waals surface area (Å²) in [6.07, 6.45) is 5.14. The van der Waals surface area contributed by atoms with Gasteiger partial charge in [-0.05, 0) is 6.08 Å². The number of thioether (sulfide) groups is 2. The van der Waals surface area contributed by atoms with Crippen LogP contribution in [0.3, 0.4) is 0 Å². The van der Waals surface area contributed by atoms with E-state index in [1.54, 1.807) is 23.5 Å². The van der Waals surface area contributed by atoms with Crippen LogP contribution in [0, 0.1) is 0 Å². The Morgan fingerprint density at radius 3 is 2.80 bits per heavy atom. The van der Waals surface area contributed by atoms with Gasteiger partial charge < -0.3 is 10.0 Å². The molecule has 0 spiro atoms. The van der Waals surface area contributed by atoms with Crippen molar-refractivity contribution in [1.82, 2.24) is 4.90 Å². The second-order valence-electron chi connectivity index (χ2n) is 3.50. The van der Waals surface area contributed by atoms with Crippen molar-refractivity contribution in [3.8, 4) is 0 Å². The number of aldehydes is 1. The Balaban J connectivity index is 1.98. The molecule has 0 aromatic carbocycles. The van der Waals surface area contributed by atoms with Crippen LogP contribution in [0.25, 0.3) is 0 Å². The smallest absolute Gasteiger partial charge is 0.156 e. The molecule has 0 fully saturated rings. The molecule has 2 rings (SSSR count). The van der Waals surface area contributed by atoms with Gasteiger partial charge in [0.25, 0.3) is 0 Å². The molecule has 2 unspecified atom stereocenters. The highest BCUT2D eigenvalue weighted by Crippen LogP contribution is 2.47. The van der Waals surface area contributed by atoms with E-state index in [9.17, 15) is 4.79 Å². The molecule has 2 aliphatic rings. The van der Waals surface area contributed by atoms with Crippen molar-refractivity contribution in [1.29, 1.82) is 0 Å². The summed E-state index contributed by atoms with van der Waals surface area (Å²) in [6, 6.07) is 0. The number of likely N-dealkylation sites (N-methyl/N-ethyl adjacent to an activating group) is 1. The Labute approximate surface area is 97.6 Å². The quantitative estimate of drug-likeness (QED) is 0.748. The van der Waals surface area contributed by atoms with E-state index < -0.39 is 0 Å². The Morgan fingerprint density at radius 1 is 1.47 bits per heavy atom. The molecule has 0 saturated heterocycles. The van der Waals surface area contributed by atoms with E-state index >= 15 is 0 Å². The van der Waals surface area contributed by atoms with Gasteiger partial charge in [0, 0.05) is 29.0 Å². The lowest BCUT2D eigenvalue weighted by atomic mass is 10.3. The fourth-order valence-corrected chi connectivity index (χ4v) is 4.33. The lowest BCUT2D eigenvalue weighted by Crippen LogP contribution is -2.19. The molecule has 5 heteroatoms. The summed E-state index contributed by atoms with van der Waals surface area (Å²) in [5.41, 5.74) is 0. The number of aliphatic hydroxyl groups is 1. The first kappa shape index (κ1) is 11.1. The highest BCUT2D eigenvalue weighted by Gasteiger charge is 2.34. The summed E-state index contributed by atoms with van der Waals surface area (Å²) < 4.78 is 0. The molecule has 82 valence electrons. The summed E-state index contributed by atoms with van der Waals surface area (Å²) in [5, 5.41) is 10.8. The highest BCUT2D eigenvalue weighted by molar-refractivity contribution is 8.09. The average Bonchev–Trinajstić information content (AvgIpc) is 2.74. The van der Waals surface area contributed by atoms with Gasteiger partial charge in [0.15, 0.2) is 6.29 Å². The minimum atomic E-state index is 0.173. The topological polar surface area (TPSA) is 40.5 Å². The maximum absolute atomic E-state index is 10.6. The second-order valence-corrected chi connectivity index (χ2v) is 5.95. The zero-order valence-corrected chi connectivity index (χ0v) is 10.1. The van der Waals surface area contributed by atoms with Crippen LogP contribution in [0.4, 0.5) is 0 Å². The molecule has 15 heavy (non-hydrogen) atoms. The largest absolute Gasteiger partial charge is 0.395 e. The lowest BCUT2D eigenvalue weighted by Gasteiger charge is -2.18.